The highest BCUT2D eigenvalue weighted by atomic mass is 14.9. The van der Waals surface area contributed by atoms with E-state index < -0.39 is 0 Å². The Morgan fingerprint density at radius 1 is 1.75 bits per heavy atom. The molecule has 1 rings (SSSR count). The smallest absolute Gasteiger partial charge is 0.0164 e. The summed E-state index contributed by atoms with van der Waals surface area (Å²) in [5.74, 6) is 0. The van der Waals surface area contributed by atoms with E-state index in [1.807, 2.05) is 0 Å². The normalized spacial score (nSPS) is 20.4. The van der Waals surface area contributed by atoms with Crippen molar-refractivity contribution in [2.45, 2.75) is 12.8 Å². The van der Waals surface area contributed by atoms with Gasteiger partial charge in [-0.3, -0.25) is 0 Å². The molecule has 1 radical (unpaired) electrons. The molecule has 0 saturated carbocycles. The van der Waals surface area contributed by atoms with Crippen LogP contribution in [0.4, 0.5) is 0 Å². The lowest BCUT2D eigenvalue weighted by Crippen LogP contribution is -2.21. The van der Waals surface area contributed by atoms with Gasteiger partial charge in [0.15, 0.2) is 0 Å². The number of hydrogen-bond donors (Lipinski definition) is 1. The SMILES string of the molecule is [CH2]CC1=CCCNC1. The molecule has 0 fully saturated rings. The standard InChI is InChI=1S/C7H12N/c1-2-7-4-3-5-8-6-7/h4,8H,1-3,5-6H2. The first kappa shape index (κ1) is 5.83. The molecule has 1 aliphatic rings. The third kappa shape index (κ3) is 1.34. The van der Waals surface area contributed by atoms with Crippen molar-refractivity contribution in [2.24, 2.45) is 0 Å². The van der Waals surface area contributed by atoms with Gasteiger partial charge in [-0.05, 0) is 26.3 Å². The molecule has 0 atom stereocenters. The number of nitrogens with one attached hydrogen (secondary N) is 1. The fourth-order valence-corrected chi connectivity index (χ4v) is 0.890. The summed E-state index contributed by atoms with van der Waals surface area (Å²) in [5, 5.41) is 3.28. The summed E-state index contributed by atoms with van der Waals surface area (Å²) in [6.07, 6.45) is 4.43. The highest BCUT2D eigenvalue weighted by Gasteiger charge is 1.97. The third-order valence-corrected chi connectivity index (χ3v) is 1.43. The first-order valence-electron chi connectivity index (χ1n) is 3.11. The van der Waals surface area contributed by atoms with Gasteiger partial charge in [0.2, 0.25) is 0 Å². The van der Waals surface area contributed by atoms with Crippen molar-refractivity contribution < 1.29 is 0 Å². The van der Waals surface area contributed by atoms with Crippen molar-refractivity contribution in [1.82, 2.24) is 5.32 Å². The van der Waals surface area contributed by atoms with Crippen LogP contribution in [-0.2, 0) is 0 Å². The van der Waals surface area contributed by atoms with Crippen LogP contribution in [0, 0.1) is 6.92 Å². The van der Waals surface area contributed by atoms with Crippen LogP contribution in [0.3, 0.4) is 0 Å². The van der Waals surface area contributed by atoms with Gasteiger partial charge in [-0.15, -0.1) is 0 Å². The molecule has 0 aromatic heterocycles. The second kappa shape index (κ2) is 2.88. The average Bonchev–Trinajstić information content (AvgIpc) is 1.90. The molecule has 1 N–H and O–H groups in total. The lowest BCUT2D eigenvalue weighted by Gasteiger charge is -2.11. The number of hydrogen-bond acceptors (Lipinski definition) is 1. The predicted octanol–water partition coefficient (Wildman–Crippen LogP) is 1.13. The molecular formula is C7H12N. The van der Waals surface area contributed by atoms with Crippen LogP contribution >= 0.6 is 0 Å². The van der Waals surface area contributed by atoms with Crippen LogP contribution in [0.1, 0.15) is 12.8 Å². The van der Waals surface area contributed by atoms with E-state index in [4.69, 9.17) is 0 Å². The van der Waals surface area contributed by atoms with Crippen LogP contribution in [0.25, 0.3) is 0 Å². The first-order valence-corrected chi connectivity index (χ1v) is 3.11. The van der Waals surface area contributed by atoms with Crippen molar-refractivity contribution in [1.29, 1.82) is 0 Å². The van der Waals surface area contributed by atoms with E-state index in [1.165, 1.54) is 12.0 Å². The minimum atomic E-state index is 0.965. The Balaban J connectivity index is 2.37. The summed E-state index contributed by atoms with van der Waals surface area (Å²) in [7, 11) is 0. The summed E-state index contributed by atoms with van der Waals surface area (Å²) in [6, 6.07) is 0. The largest absolute Gasteiger partial charge is 0.313 e. The summed E-state index contributed by atoms with van der Waals surface area (Å²) in [6.45, 7) is 6.00. The zero-order valence-electron chi connectivity index (χ0n) is 5.11. The maximum absolute atomic E-state index is 3.80. The Kier molecular flexibility index (Phi) is 2.10. The van der Waals surface area contributed by atoms with Gasteiger partial charge in [-0.25, -0.2) is 0 Å². The van der Waals surface area contributed by atoms with E-state index in [9.17, 15) is 0 Å². The zero-order chi connectivity index (χ0) is 5.82. The summed E-state index contributed by atoms with van der Waals surface area (Å²) in [4.78, 5) is 0. The van der Waals surface area contributed by atoms with Gasteiger partial charge >= 0.3 is 0 Å². The first-order chi connectivity index (χ1) is 3.93. The molecular weight excluding hydrogens is 98.1 g/mol. The Bertz CT molecular complexity index is 94.6. The molecule has 1 heterocycles. The summed E-state index contributed by atoms with van der Waals surface area (Å²) >= 11 is 0. The molecule has 1 aliphatic heterocycles. The van der Waals surface area contributed by atoms with Crippen LogP contribution in [0.2, 0.25) is 0 Å². The van der Waals surface area contributed by atoms with Crippen LogP contribution < -0.4 is 5.32 Å². The fourth-order valence-electron chi connectivity index (χ4n) is 0.890. The number of rotatable bonds is 1. The molecule has 0 unspecified atom stereocenters. The molecule has 1 heteroatoms. The summed E-state index contributed by atoms with van der Waals surface area (Å²) < 4.78 is 0. The quantitative estimate of drug-likeness (QED) is 0.499. The Morgan fingerprint density at radius 2 is 2.62 bits per heavy atom. The molecule has 0 aromatic carbocycles. The van der Waals surface area contributed by atoms with E-state index in [0.717, 1.165) is 19.5 Å². The Morgan fingerprint density at radius 3 is 3.00 bits per heavy atom. The van der Waals surface area contributed by atoms with E-state index in [2.05, 4.69) is 18.3 Å². The predicted molar refractivity (Wildman–Crippen MR) is 35.5 cm³/mol. The molecule has 0 amide bonds. The van der Waals surface area contributed by atoms with Gasteiger partial charge in [0.1, 0.15) is 0 Å². The van der Waals surface area contributed by atoms with Gasteiger partial charge in [-0.1, -0.05) is 11.6 Å². The molecule has 0 bridgehead atoms. The minimum absolute atomic E-state index is 0.965. The maximum atomic E-state index is 3.80. The van der Waals surface area contributed by atoms with Crippen molar-refractivity contribution in [3.05, 3.63) is 18.6 Å². The van der Waals surface area contributed by atoms with Crippen molar-refractivity contribution in [2.75, 3.05) is 13.1 Å². The average molecular weight is 110 g/mol. The van der Waals surface area contributed by atoms with E-state index in [-0.39, 0.29) is 0 Å². The Hall–Kier alpha value is -0.300. The second-order valence-electron chi connectivity index (χ2n) is 2.08. The van der Waals surface area contributed by atoms with Crippen LogP contribution in [-0.4, -0.2) is 13.1 Å². The molecule has 0 spiro atoms. The Labute approximate surface area is 50.8 Å². The monoisotopic (exact) mass is 110 g/mol. The lowest BCUT2D eigenvalue weighted by atomic mass is 10.1. The van der Waals surface area contributed by atoms with Crippen molar-refractivity contribution in [3.63, 3.8) is 0 Å². The van der Waals surface area contributed by atoms with Crippen molar-refractivity contribution in [3.8, 4) is 0 Å². The topological polar surface area (TPSA) is 12.0 Å². The molecule has 45 valence electrons. The second-order valence-corrected chi connectivity index (χ2v) is 2.08. The molecule has 8 heavy (non-hydrogen) atoms. The van der Waals surface area contributed by atoms with Gasteiger partial charge in [0, 0.05) is 6.54 Å². The van der Waals surface area contributed by atoms with E-state index in [1.54, 1.807) is 0 Å². The van der Waals surface area contributed by atoms with Gasteiger partial charge in [-0.2, -0.15) is 0 Å². The highest BCUT2D eigenvalue weighted by Crippen LogP contribution is 2.03. The van der Waals surface area contributed by atoms with E-state index in [0.29, 0.717) is 0 Å². The zero-order valence-corrected chi connectivity index (χ0v) is 5.11. The summed E-state index contributed by atoms with van der Waals surface area (Å²) in [5.41, 5.74) is 1.45. The van der Waals surface area contributed by atoms with Gasteiger partial charge in [0.25, 0.3) is 0 Å². The third-order valence-electron chi connectivity index (χ3n) is 1.43. The minimum Gasteiger partial charge on any atom is -0.313 e. The van der Waals surface area contributed by atoms with Crippen LogP contribution in [0.5, 0.6) is 0 Å². The maximum Gasteiger partial charge on any atom is 0.0164 e. The highest BCUT2D eigenvalue weighted by molar-refractivity contribution is 5.07. The molecule has 0 saturated heterocycles. The fraction of sp³-hybridized carbons (Fsp3) is 0.571. The van der Waals surface area contributed by atoms with Crippen molar-refractivity contribution >= 4 is 0 Å². The molecule has 1 nitrogen and oxygen atoms in total. The lowest BCUT2D eigenvalue weighted by molar-refractivity contribution is 0.693. The molecule has 0 aliphatic carbocycles. The van der Waals surface area contributed by atoms with Gasteiger partial charge < -0.3 is 5.32 Å². The van der Waals surface area contributed by atoms with Gasteiger partial charge in [0.05, 0.1) is 0 Å². The molecule has 0 aromatic rings. The van der Waals surface area contributed by atoms with E-state index >= 15 is 0 Å². The van der Waals surface area contributed by atoms with Crippen LogP contribution in [0.15, 0.2) is 11.6 Å².